The molecule has 6 nitrogen and oxygen atoms in total. The number of nitrogens with zero attached hydrogens (tertiary/aromatic N) is 2. The highest BCUT2D eigenvalue weighted by Crippen LogP contribution is 2.45. The van der Waals surface area contributed by atoms with Gasteiger partial charge in [-0.25, -0.2) is 9.37 Å². The normalized spacial score (nSPS) is 23.3. The molecule has 0 bridgehead atoms. The number of hydrogen-bond acceptors (Lipinski definition) is 4. The SMILES string of the molecule is COc1ccc(C(=O)N2CCCC3(CCc4c3nc(C3CC3)[nH]c4=O)C2)c(F)c1. The van der Waals surface area contributed by atoms with E-state index in [-0.39, 0.29) is 22.4 Å². The summed E-state index contributed by atoms with van der Waals surface area (Å²) >= 11 is 0. The predicted octanol–water partition coefficient (Wildman–Crippen LogP) is 2.92. The lowest BCUT2D eigenvalue weighted by atomic mass is 9.77. The standard InChI is InChI=1S/C22H24FN3O3/c1-29-14-5-6-15(17(23)11-14)21(28)26-10-2-8-22(12-26)9-7-16-18(22)24-19(13-3-4-13)25-20(16)27/h5-6,11,13H,2-4,7-10,12H2,1H3,(H,24,25,27). The number of fused-ring (bicyclic) bond motifs is 2. The van der Waals surface area contributed by atoms with Gasteiger partial charge in [-0.2, -0.15) is 0 Å². The summed E-state index contributed by atoms with van der Waals surface area (Å²) in [6.45, 7) is 1.06. The number of ether oxygens (including phenoxy) is 1. The third-order valence-corrected chi connectivity index (χ3v) is 6.62. The molecule has 1 N–H and O–H groups in total. The Kier molecular flexibility index (Phi) is 4.22. The summed E-state index contributed by atoms with van der Waals surface area (Å²) in [7, 11) is 1.47. The van der Waals surface area contributed by atoms with Crippen molar-refractivity contribution in [3.05, 3.63) is 57.0 Å². The van der Waals surface area contributed by atoms with E-state index in [1.54, 1.807) is 11.0 Å². The summed E-state index contributed by atoms with van der Waals surface area (Å²) < 4.78 is 19.5. The maximum Gasteiger partial charge on any atom is 0.256 e. The molecular formula is C22H24FN3O3. The van der Waals surface area contributed by atoms with Gasteiger partial charge in [-0.05, 0) is 50.7 Å². The molecule has 1 unspecified atom stereocenters. The van der Waals surface area contributed by atoms with Crippen LogP contribution in [0.1, 0.15) is 65.5 Å². The van der Waals surface area contributed by atoms with E-state index < -0.39 is 5.82 Å². The van der Waals surface area contributed by atoms with Crippen molar-refractivity contribution < 1.29 is 13.9 Å². The largest absolute Gasteiger partial charge is 0.497 e. The molecule has 3 aliphatic rings. The van der Waals surface area contributed by atoms with E-state index in [9.17, 15) is 14.0 Å². The van der Waals surface area contributed by atoms with Crippen LogP contribution in [0.25, 0.3) is 0 Å². The summed E-state index contributed by atoms with van der Waals surface area (Å²) in [6.07, 6.45) is 5.33. The summed E-state index contributed by atoms with van der Waals surface area (Å²) in [5.74, 6) is 0.645. The number of aromatic amines is 1. The highest BCUT2D eigenvalue weighted by Gasteiger charge is 2.46. The van der Waals surface area contributed by atoms with Crippen molar-refractivity contribution in [1.82, 2.24) is 14.9 Å². The van der Waals surface area contributed by atoms with Crippen molar-refractivity contribution in [3.8, 4) is 5.75 Å². The molecule has 2 aliphatic carbocycles. The highest BCUT2D eigenvalue weighted by atomic mass is 19.1. The zero-order chi connectivity index (χ0) is 20.2. The van der Waals surface area contributed by atoms with E-state index in [1.165, 1.54) is 19.2 Å². The number of nitrogens with one attached hydrogen (secondary N) is 1. The maximum absolute atomic E-state index is 14.5. The van der Waals surface area contributed by atoms with Gasteiger partial charge in [-0.15, -0.1) is 0 Å². The van der Waals surface area contributed by atoms with E-state index in [1.807, 2.05) is 0 Å². The summed E-state index contributed by atoms with van der Waals surface area (Å²) in [6, 6.07) is 4.32. The molecule has 0 radical (unpaired) electrons. The number of carbonyl (C=O) groups is 1. The minimum atomic E-state index is -0.577. The number of halogens is 1. The van der Waals surface area contributed by atoms with Crippen molar-refractivity contribution in [1.29, 1.82) is 0 Å². The van der Waals surface area contributed by atoms with Crippen molar-refractivity contribution in [2.24, 2.45) is 0 Å². The van der Waals surface area contributed by atoms with Gasteiger partial charge in [0.25, 0.3) is 11.5 Å². The molecule has 1 aliphatic heterocycles. The molecule has 152 valence electrons. The van der Waals surface area contributed by atoms with Gasteiger partial charge in [-0.3, -0.25) is 9.59 Å². The van der Waals surface area contributed by atoms with E-state index >= 15 is 0 Å². The molecule has 1 atom stereocenters. The van der Waals surface area contributed by atoms with Gasteiger partial charge in [-0.1, -0.05) is 0 Å². The fourth-order valence-corrected chi connectivity index (χ4v) is 4.89. The Labute approximate surface area is 168 Å². The molecule has 5 rings (SSSR count). The molecule has 1 aromatic heterocycles. The van der Waals surface area contributed by atoms with Gasteiger partial charge in [0, 0.05) is 36.1 Å². The van der Waals surface area contributed by atoms with Crippen molar-refractivity contribution in [3.63, 3.8) is 0 Å². The molecular weight excluding hydrogens is 373 g/mol. The number of H-pyrrole nitrogens is 1. The van der Waals surface area contributed by atoms with Crippen LogP contribution in [-0.4, -0.2) is 41.0 Å². The average Bonchev–Trinajstić information content (AvgIpc) is 3.52. The van der Waals surface area contributed by atoms with Gasteiger partial charge in [0.05, 0.1) is 18.4 Å². The summed E-state index contributed by atoms with van der Waals surface area (Å²) in [4.78, 5) is 35.2. The van der Waals surface area contributed by atoms with E-state index in [0.717, 1.165) is 49.2 Å². The van der Waals surface area contributed by atoms with Crippen LogP contribution in [0, 0.1) is 5.82 Å². The van der Waals surface area contributed by atoms with Crippen molar-refractivity contribution in [2.45, 2.75) is 49.9 Å². The fourth-order valence-electron chi connectivity index (χ4n) is 4.89. The van der Waals surface area contributed by atoms with Crippen LogP contribution in [0.4, 0.5) is 4.39 Å². The molecule has 1 spiro atoms. The van der Waals surface area contributed by atoms with Gasteiger partial charge < -0.3 is 14.6 Å². The lowest BCUT2D eigenvalue weighted by molar-refractivity contribution is 0.0628. The highest BCUT2D eigenvalue weighted by molar-refractivity contribution is 5.94. The molecule has 1 aromatic carbocycles. The number of amides is 1. The van der Waals surface area contributed by atoms with Gasteiger partial charge in [0.15, 0.2) is 0 Å². The zero-order valence-corrected chi connectivity index (χ0v) is 16.5. The zero-order valence-electron chi connectivity index (χ0n) is 16.5. The fraction of sp³-hybridized carbons (Fsp3) is 0.500. The molecule has 1 saturated carbocycles. The third-order valence-electron chi connectivity index (χ3n) is 6.62. The van der Waals surface area contributed by atoms with Crippen LogP contribution in [0.2, 0.25) is 0 Å². The lowest BCUT2D eigenvalue weighted by Gasteiger charge is -2.40. The first-order chi connectivity index (χ1) is 14.0. The number of benzene rings is 1. The first kappa shape index (κ1) is 18.3. The first-order valence-corrected chi connectivity index (χ1v) is 10.3. The van der Waals surface area contributed by atoms with Crippen molar-refractivity contribution >= 4 is 5.91 Å². The Morgan fingerprint density at radius 3 is 2.90 bits per heavy atom. The Hall–Kier alpha value is -2.70. The average molecular weight is 397 g/mol. The second kappa shape index (κ2) is 6.68. The second-order valence-corrected chi connectivity index (χ2v) is 8.51. The van der Waals surface area contributed by atoms with Crippen LogP contribution in [0.15, 0.2) is 23.0 Å². The Morgan fingerprint density at radius 1 is 1.34 bits per heavy atom. The van der Waals surface area contributed by atoms with Crippen LogP contribution < -0.4 is 10.3 Å². The minimum Gasteiger partial charge on any atom is -0.497 e. The second-order valence-electron chi connectivity index (χ2n) is 8.51. The predicted molar refractivity (Wildman–Crippen MR) is 105 cm³/mol. The molecule has 2 heterocycles. The Balaban J connectivity index is 1.46. The quantitative estimate of drug-likeness (QED) is 0.864. The summed E-state index contributed by atoms with van der Waals surface area (Å²) in [5, 5.41) is 0. The van der Waals surface area contributed by atoms with E-state index in [0.29, 0.717) is 31.2 Å². The molecule has 7 heteroatoms. The van der Waals surface area contributed by atoms with Crippen LogP contribution in [0.3, 0.4) is 0 Å². The van der Waals surface area contributed by atoms with E-state index in [2.05, 4.69) is 4.98 Å². The molecule has 1 saturated heterocycles. The first-order valence-electron chi connectivity index (χ1n) is 10.3. The number of likely N-dealkylation sites (tertiary alicyclic amines) is 1. The number of piperidine rings is 1. The molecule has 1 amide bonds. The topological polar surface area (TPSA) is 75.3 Å². The van der Waals surface area contributed by atoms with Gasteiger partial charge >= 0.3 is 0 Å². The Bertz CT molecular complexity index is 1050. The number of rotatable bonds is 3. The number of hydrogen-bond donors (Lipinski definition) is 1. The number of methoxy groups -OCH3 is 1. The summed E-state index contributed by atoms with van der Waals surface area (Å²) in [5.41, 5.74) is 1.36. The minimum absolute atomic E-state index is 0.0292. The molecule has 2 aromatic rings. The molecule has 29 heavy (non-hydrogen) atoms. The number of aromatic nitrogens is 2. The van der Waals surface area contributed by atoms with Crippen LogP contribution in [0.5, 0.6) is 5.75 Å². The van der Waals surface area contributed by atoms with Gasteiger partial charge in [0.1, 0.15) is 17.4 Å². The number of carbonyl (C=O) groups excluding carboxylic acids is 1. The monoisotopic (exact) mass is 397 g/mol. The third kappa shape index (κ3) is 3.03. The molecule has 2 fully saturated rings. The van der Waals surface area contributed by atoms with Crippen LogP contribution in [-0.2, 0) is 11.8 Å². The smallest absolute Gasteiger partial charge is 0.256 e. The van der Waals surface area contributed by atoms with Crippen molar-refractivity contribution in [2.75, 3.05) is 20.2 Å². The van der Waals surface area contributed by atoms with E-state index in [4.69, 9.17) is 9.72 Å². The maximum atomic E-state index is 14.5. The lowest BCUT2D eigenvalue weighted by Crippen LogP contribution is -2.48. The van der Waals surface area contributed by atoms with Gasteiger partial charge in [0.2, 0.25) is 0 Å². The van der Waals surface area contributed by atoms with Crippen LogP contribution >= 0.6 is 0 Å². The Morgan fingerprint density at radius 2 is 2.17 bits per heavy atom.